The van der Waals surface area contributed by atoms with E-state index in [9.17, 15) is 8.42 Å². The molecule has 34 heavy (non-hydrogen) atoms. The molecule has 5 aromatic rings. The average molecular weight is 465 g/mol. The Hall–Kier alpha value is -4.15. The van der Waals surface area contributed by atoms with Crippen molar-refractivity contribution in [1.29, 1.82) is 0 Å². The molecule has 3 nitrogen and oxygen atoms in total. The lowest BCUT2D eigenvalue weighted by Gasteiger charge is -2.07. The molecule has 0 saturated carbocycles. The zero-order chi connectivity index (χ0) is 23.6. The number of sulfone groups is 1. The molecule has 0 aromatic heterocycles. The van der Waals surface area contributed by atoms with Gasteiger partial charge in [-0.05, 0) is 59.7 Å². The van der Waals surface area contributed by atoms with Gasteiger partial charge in [-0.1, -0.05) is 97.1 Å². The van der Waals surface area contributed by atoms with Crippen LogP contribution in [0.3, 0.4) is 0 Å². The third-order valence-electron chi connectivity index (χ3n) is 5.03. The molecule has 0 aliphatic rings. The molecule has 0 radical (unpaired) electrons. The zero-order valence-corrected chi connectivity index (χ0v) is 19.3. The van der Waals surface area contributed by atoms with Gasteiger partial charge in [0.05, 0.1) is 9.79 Å². The number of ether oxygens (including phenoxy) is 1. The summed E-state index contributed by atoms with van der Waals surface area (Å²) in [5.41, 5.74) is 2.36. The molecule has 0 unspecified atom stereocenters. The standard InChI is InChI=1S/C18H14O.C12H10O2S/c1-3-8-15(9-4-1)16-10-7-13-18(14-16)19-17-11-5-2-6-12-17;13-15(14,11-7-3-1-4-8-11)12-9-5-2-6-10-12/h1-14H;1-10H. The normalized spacial score (nSPS) is 10.6. The molecule has 168 valence electrons. The predicted octanol–water partition coefficient (Wildman–Crippen LogP) is 7.67. The Morgan fingerprint density at radius 3 is 1.35 bits per heavy atom. The fraction of sp³-hybridized carbons (Fsp3) is 0. The van der Waals surface area contributed by atoms with Crippen LogP contribution >= 0.6 is 0 Å². The molecule has 0 aliphatic carbocycles. The van der Waals surface area contributed by atoms with E-state index in [2.05, 4.69) is 24.3 Å². The molecular formula is C30H24O3S. The number of hydrogen-bond acceptors (Lipinski definition) is 3. The average Bonchev–Trinajstić information content (AvgIpc) is 2.91. The first kappa shape index (κ1) is 23.0. The van der Waals surface area contributed by atoms with Gasteiger partial charge in [-0.25, -0.2) is 8.42 Å². The van der Waals surface area contributed by atoms with E-state index in [1.54, 1.807) is 60.7 Å². The third-order valence-corrected chi connectivity index (χ3v) is 6.81. The number of benzene rings is 5. The van der Waals surface area contributed by atoms with E-state index < -0.39 is 9.84 Å². The highest BCUT2D eigenvalue weighted by atomic mass is 32.2. The Morgan fingerprint density at radius 1 is 0.412 bits per heavy atom. The second kappa shape index (κ2) is 11.1. The Labute approximate surface area is 200 Å². The fourth-order valence-corrected chi connectivity index (χ4v) is 4.63. The van der Waals surface area contributed by atoms with Crippen LogP contribution in [0, 0.1) is 0 Å². The van der Waals surface area contributed by atoms with E-state index in [1.807, 2.05) is 60.7 Å². The van der Waals surface area contributed by atoms with Crippen molar-refractivity contribution in [1.82, 2.24) is 0 Å². The van der Waals surface area contributed by atoms with Crippen LogP contribution in [0.1, 0.15) is 0 Å². The van der Waals surface area contributed by atoms with Gasteiger partial charge in [0.2, 0.25) is 9.84 Å². The number of rotatable bonds is 5. The third kappa shape index (κ3) is 6.00. The van der Waals surface area contributed by atoms with Crippen molar-refractivity contribution in [3.05, 3.63) is 146 Å². The molecule has 5 rings (SSSR count). The summed E-state index contributed by atoms with van der Waals surface area (Å²) in [6, 6.07) is 45.1. The zero-order valence-electron chi connectivity index (χ0n) is 18.5. The lowest BCUT2D eigenvalue weighted by molar-refractivity contribution is 0.483. The topological polar surface area (TPSA) is 43.4 Å². The van der Waals surface area contributed by atoms with E-state index in [0.29, 0.717) is 9.79 Å². The maximum absolute atomic E-state index is 12.0. The molecule has 0 fully saturated rings. The maximum atomic E-state index is 12.0. The first-order chi connectivity index (χ1) is 16.6. The van der Waals surface area contributed by atoms with Crippen LogP contribution in [0.4, 0.5) is 0 Å². The largest absolute Gasteiger partial charge is 0.457 e. The molecule has 0 atom stereocenters. The van der Waals surface area contributed by atoms with Crippen LogP contribution in [-0.2, 0) is 9.84 Å². The monoisotopic (exact) mass is 464 g/mol. The number of para-hydroxylation sites is 1. The summed E-state index contributed by atoms with van der Waals surface area (Å²) in [4.78, 5) is 0.660. The van der Waals surface area contributed by atoms with Gasteiger partial charge in [0.15, 0.2) is 0 Å². The van der Waals surface area contributed by atoms with E-state index in [1.165, 1.54) is 5.56 Å². The molecule has 0 spiro atoms. The van der Waals surface area contributed by atoms with Crippen LogP contribution in [0.25, 0.3) is 11.1 Å². The fourth-order valence-electron chi connectivity index (χ4n) is 3.33. The van der Waals surface area contributed by atoms with Gasteiger partial charge in [-0.3, -0.25) is 0 Å². The van der Waals surface area contributed by atoms with Crippen molar-refractivity contribution in [2.24, 2.45) is 0 Å². The summed E-state index contributed by atoms with van der Waals surface area (Å²) in [6.45, 7) is 0. The molecule has 0 amide bonds. The van der Waals surface area contributed by atoms with Crippen LogP contribution in [0.15, 0.2) is 155 Å². The van der Waals surface area contributed by atoms with Gasteiger partial charge in [0.1, 0.15) is 11.5 Å². The molecule has 0 N–H and O–H groups in total. The summed E-state index contributed by atoms with van der Waals surface area (Å²) in [5, 5.41) is 0. The van der Waals surface area contributed by atoms with Gasteiger partial charge in [-0.2, -0.15) is 0 Å². The van der Waals surface area contributed by atoms with E-state index >= 15 is 0 Å². The lowest BCUT2D eigenvalue weighted by atomic mass is 10.1. The van der Waals surface area contributed by atoms with Crippen molar-refractivity contribution >= 4 is 9.84 Å². The Morgan fingerprint density at radius 2 is 0.824 bits per heavy atom. The smallest absolute Gasteiger partial charge is 0.206 e. The minimum absolute atomic E-state index is 0.330. The van der Waals surface area contributed by atoms with Crippen LogP contribution < -0.4 is 4.74 Å². The SMILES string of the molecule is O=S(=O)(c1ccccc1)c1ccccc1.c1ccc(Oc2cccc(-c3ccccc3)c2)cc1. The molecule has 0 bridgehead atoms. The van der Waals surface area contributed by atoms with Gasteiger partial charge in [0, 0.05) is 0 Å². The van der Waals surface area contributed by atoms with Crippen molar-refractivity contribution in [3.8, 4) is 22.6 Å². The van der Waals surface area contributed by atoms with Crippen molar-refractivity contribution in [2.75, 3.05) is 0 Å². The highest BCUT2D eigenvalue weighted by molar-refractivity contribution is 7.91. The first-order valence-electron chi connectivity index (χ1n) is 10.9. The van der Waals surface area contributed by atoms with Crippen molar-refractivity contribution in [2.45, 2.75) is 9.79 Å². The minimum Gasteiger partial charge on any atom is -0.457 e. The van der Waals surface area contributed by atoms with Gasteiger partial charge in [-0.15, -0.1) is 0 Å². The number of hydrogen-bond donors (Lipinski definition) is 0. The Bertz CT molecular complexity index is 1360. The van der Waals surface area contributed by atoms with E-state index in [4.69, 9.17) is 4.74 Å². The summed E-state index contributed by atoms with van der Waals surface area (Å²) >= 11 is 0. The summed E-state index contributed by atoms with van der Waals surface area (Å²) < 4.78 is 29.9. The van der Waals surface area contributed by atoms with Crippen LogP contribution in [0.2, 0.25) is 0 Å². The summed E-state index contributed by atoms with van der Waals surface area (Å²) in [5.74, 6) is 1.71. The summed E-state index contributed by atoms with van der Waals surface area (Å²) in [7, 11) is -3.34. The van der Waals surface area contributed by atoms with Crippen LogP contribution in [0.5, 0.6) is 11.5 Å². The maximum Gasteiger partial charge on any atom is 0.206 e. The molecule has 5 aromatic carbocycles. The molecule has 4 heteroatoms. The van der Waals surface area contributed by atoms with Crippen LogP contribution in [-0.4, -0.2) is 8.42 Å². The van der Waals surface area contributed by atoms with Crippen molar-refractivity contribution in [3.63, 3.8) is 0 Å². The molecular weight excluding hydrogens is 440 g/mol. The highest BCUT2D eigenvalue weighted by Crippen LogP contribution is 2.27. The lowest BCUT2D eigenvalue weighted by Crippen LogP contribution is -2.00. The van der Waals surface area contributed by atoms with Gasteiger partial charge in [0.25, 0.3) is 0 Å². The van der Waals surface area contributed by atoms with E-state index in [-0.39, 0.29) is 0 Å². The van der Waals surface area contributed by atoms with E-state index in [0.717, 1.165) is 17.1 Å². The first-order valence-corrected chi connectivity index (χ1v) is 12.3. The molecule has 0 heterocycles. The quantitative estimate of drug-likeness (QED) is 0.268. The Kier molecular flexibility index (Phi) is 7.53. The highest BCUT2D eigenvalue weighted by Gasteiger charge is 2.15. The second-order valence-corrected chi connectivity index (χ2v) is 9.39. The van der Waals surface area contributed by atoms with Crippen molar-refractivity contribution < 1.29 is 13.2 Å². The second-order valence-electron chi connectivity index (χ2n) is 7.44. The minimum atomic E-state index is -3.34. The van der Waals surface area contributed by atoms with Gasteiger partial charge >= 0.3 is 0 Å². The van der Waals surface area contributed by atoms with Gasteiger partial charge < -0.3 is 4.74 Å². The molecule has 0 saturated heterocycles. The predicted molar refractivity (Wildman–Crippen MR) is 137 cm³/mol. The summed E-state index contributed by atoms with van der Waals surface area (Å²) in [6.07, 6.45) is 0. The molecule has 0 aliphatic heterocycles. The Balaban J connectivity index is 0.000000166.